The van der Waals surface area contributed by atoms with Crippen molar-refractivity contribution in [1.82, 2.24) is 24.1 Å². The minimum Gasteiger partial charge on any atom is -0.322 e. The lowest BCUT2D eigenvalue weighted by atomic mass is 10.1. The molecule has 3 heterocycles. The lowest BCUT2D eigenvalue weighted by Gasteiger charge is -2.08. The number of hydrogen-bond donors (Lipinski definition) is 1. The van der Waals surface area contributed by atoms with Crippen LogP contribution in [0.3, 0.4) is 0 Å². The van der Waals surface area contributed by atoms with Crippen LogP contribution >= 0.6 is 0 Å². The minimum atomic E-state index is -0.206. The maximum atomic E-state index is 12.8. The molecule has 0 aliphatic rings. The number of anilines is 1. The summed E-state index contributed by atoms with van der Waals surface area (Å²) in [7, 11) is 0. The van der Waals surface area contributed by atoms with Crippen molar-refractivity contribution in [1.29, 1.82) is 0 Å². The van der Waals surface area contributed by atoms with Crippen molar-refractivity contribution in [3.63, 3.8) is 0 Å². The standard InChI is InChI=1S/C24H16N6O/c31-24(28-20-6-2-7-21(15-20)29-13-12-25-17-29)19-5-1-4-18(14-19)9-10-22-16-26-23-8-3-11-27-30(22)23/h1-8,11-17H,(H,28,31). The Balaban J connectivity index is 1.36. The molecule has 0 aliphatic carbocycles. The van der Waals surface area contributed by atoms with Gasteiger partial charge in [0.1, 0.15) is 5.69 Å². The van der Waals surface area contributed by atoms with Crippen LogP contribution in [-0.4, -0.2) is 30.1 Å². The van der Waals surface area contributed by atoms with E-state index in [0.29, 0.717) is 16.9 Å². The van der Waals surface area contributed by atoms with Gasteiger partial charge in [-0.05, 0) is 54.5 Å². The summed E-state index contributed by atoms with van der Waals surface area (Å²) < 4.78 is 3.55. The average Bonchev–Trinajstić information content (AvgIpc) is 3.49. The third-order valence-electron chi connectivity index (χ3n) is 4.64. The fraction of sp³-hybridized carbons (Fsp3) is 0. The number of imidazole rings is 2. The highest BCUT2D eigenvalue weighted by molar-refractivity contribution is 6.04. The molecule has 5 aromatic rings. The van der Waals surface area contributed by atoms with E-state index in [-0.39, 0.29) is 5.91 Å². The van der Waals surface area contributed by atoms with Crippen LogP contribution in [0.1, 0.15) is 21.6 Å². The number of carbonyl (C=O) groups is 1. The topological polar surface area (TPSA) is 77.1 Å². The van der Waals surface area contributed by atoms with Gasteiger partial charge < -0.3 is 9.88 Å². The Morgan fingerprint density at radius 3 is 2.81 bits per heavy atom. The number of amides is 1. The Morgan fingerprint density at radius 1 is 0.968 bits per heavy atom. The molecule has 7 nitrogen and oxygen atoms in total. The van der Waals surface area contributed by atoms with Gasteiger partial charge >= 0.3 is 0 Å². The molecule has 0 bridgehead atoms. The fourth-order valence-corrected chi connectivity index (χ4v) is 3.15. The summed E-state index contributed by atoms with van der Waals surface area (Å²) >= 11 is 0. The number of fused-ring (bicyclic) bond motifs is 1. The molecular formula is C24H16N6O. The van der Waals surface area contributed by atoms with Gasteiger partial charge in [-0.1, -0.05) is 18.1 Å². The molecule has 3 aromatic heterocycles. The van der Waals surface area contributed by atoms with E-state index in [0.717, 1.165) is 16.9 Å². The van der Waals surface area contributed by atoms with Gasteiger partial charge in [-0.25, -0.2) is 14.5 Å². The highest BCUT2D eigenvalue weighted by Gasteiger charge is 2.07. The predicted molar refractivity (Wildman–Crippen MR) is 117 cm³/mol. The van der Waals surface area contributed by atoms with E-state index in [1.807, 2.05) is 59.3 Å². The number of rotatable bonds is 3. The Labute approximate surface area is 178 Å². The Hall–Kier alpha value is -4.70. The average molecular weight is 404 g/mol. The zero-order valence-corrected chi connectivity index (χ0v) is 16.3. The molecule has 0 unspecified atom stereocenters. The molecule has 1 amide bonds. The van der Waals surface area contributed by atoms with Crippen LogP contribution in [0, 0.1) is 11.8 Å². The van der Waals surface area contributed by atoms with Crippen LogP contribution in [0.4, 0.5) is 5.69 Å². The van der Waals surface area contributed by atoms with E-state index in [4.69, 9.17) is 0 Å². The summed E-state index contributed by atoms with van der Waals surface area (Å²) in [6.07, 6.45) is 8.64. The first-order valence-corrected chi connectivity index (χ1v) is 9.57. The molecule has 0 saturated heterocycles. The molecular weight excluding hydrogens is 388 g/mol. The number of benzene rings is 2. The monoisotopic (exact) mass is 404 g/mol. The highest BCUT2D eigenvalue weighted by atomic mass is 16.1. The van der Waals surface area contributed by atoms with Crippen molar-refractivity contribution in [2.75, 3.05) is 5.32 Å². The first-order chi connectivity index (χ1) is 15.3. The first kappa shape index (κ1) is 18.3. The summed E-state index contributed by atoms with van der Waals surface area (Å²) in [6.45, 7) is 0. The molecule has 0 fully saturated rings. The lowest BCUT2D eigenvalue weighted by Crippen LogP contribution is -2.12. The fourth-order valence-electron chi connectivity index (χ4n) is 3.15. The molecule has 0 spiro atoms. The smallest absolute Gasteiger partial charge is 0.255 e. The maximum Gasteiger partial charge on any atom is 0.255 e. The Morgan fingerprint density at radius 2 is 1.90 bits per heavy atom. The molecule has 5 rings (SSSR count). The number of hydrogen-bond acceptors (Lipinski definition) is 4. The van der Waals surface area contributed by atoms with Crippen LogP contribution in [0.5, 0.6) is 0 Å². The summed E-state index contributed by atoms with van der Waals surface area (Å²) in [4.78, 5) is 21.1. The molecule has 0 aliphatic heterocycles. The summed E-state index contributed by atoms with van der Waals surface area (Å²) in [5, 5.41) is 7.19. The van der Waals surface area contributed by atoms with Gasteiger partial charge in [-0.15, -0.1) is 0 Å². The minimum absolute atomic E-state index is 0.206. The first-order valence-electron chi connectivity index (χ1n) is 9.57. The largest absolute Gasteiger partial charge is 0.322 e. The van der Waals surface area contributed by atoms with Gasteiger partial charge in [0.15, 0.2) is 5.65 Å². The maximum absolute atomic E-state index is 12.8. The van der Waals surface area contributed by atoms with Crippen molar-refractivity contribution >= 4 is 17.2 Å². The normalized spacial score (nSPS) is 10.5. The molecule has 1 N–H and O–H groups in total. The Bertz CT molecular complexity index is 1440. The van der Waals surface area contributed by atoms with E-state index in [2.05, 4.69) is 32.2 Å². The molecule has 31 heavy (non-hydrogen) atoms. The van der Waals surface area contributed by atoms with Crippen molar-refractivity contribution in [2.45, 2.75) is 0 Å². The van der Waals surface area contributed by atoms with E-state index in [1.54, 1.807) is 41.6 Å². The number of nitrogens with zero attached hydrogens (tertiary/aromatic N) is 5. The van der Waals surface area contributed by atoms with Gasteiger partial charge in [-0.3, -0.25) is 4.79 Å². The third-order valence-corrected chi connectivity index (χ3v) is 4.64. The third kappa shape index (κ3) is 3.91. The lowest BCUT2D eigenvalue weighted by molar-refractivity contribution is 0.102. The zero-order valence-electron chi connectivity index (χ0n) is 16.3. The molecule has 148 valence electrons. The molecule has 0 radical (unpaired) electrons. The van der Waals surface area contributed by atoms with Crippen molar-refractivity contribution in [3.8, 4) is 17.5 Å². The zero-order chi connectivity index (χ0) is 21.0. The van der Waals surface area contributed by atoms with Gasteiger partial charge in [-0.2, -0.15) is 5.10 Å². The van der Waals surface area contributed by atoms with E-state index in [9.17, 15) is 4.79 Å². The van der Waals surface area contributed by atoms with E-state index in [1.165, 1.54) is 0 Å². The summed E-state index contributed by atoms with van der Waals surface area (Å²) in [5.74, 6) is 5.95. The van der Waals surface area contributed by atoms with Crippen molar-refractivity contribution in [3.05, 3.63) is 109 Å². The number of carbonyl (C=O) groups excluding carboxylic acids is 1. The van der Waals surface area contributed by atoms with Gasteiger partial charge in [0.05, 0.1) is 12.5 Å². The Kier molecular flexibility index (Phi) is 4.71. The van der Waals surface area contributed by atoms with Crippen LogP contribution in [0.25, 0.3) is 11.3 Å². The predicted octanol–water partition coefficient (Wildman–Crippen LogP) is 3.57. The molecule has 2 aromatic carbocycles. The molecule has 7 heteroatoms. The van der Waals surface area contributed by atoms with Crippen LogP contribution in [0.2, 0.25) is 0 Å². The summed E-state index contributed by atoms with van der Waals surface area (Å²) in [6, 6.07) is 18.5. The van der Waals surface area contributed by atoms with Gasteiger partial charge in [0.25, 0.3) is 5.91 Å². The van der Waals surface area contributed by atoms with Crippen LogP contribution < -0.4 is 5.32 Å². The second-order valence-corrected chi connectivity index (χ2v) is 6.74. The van der Waals surface area contributed by atoms with Crippen LogP contribution in [0.15, 0.2) is 91.8 Å². The van der Waals surface area contributed by atoms with Crippen molar-refractivity contribution < 1.29 is 4.79 Å². The number of nitrogens with one attached hydrogen (secondary N) is 1. The van der Waals surface area contributed by atoms with Gasteiger partial charge in [0, 0.05) is 41.1 Å². The highest BCUT2D eigenvalue weighted by Crippen LogP contribution is 2.16. The van der Waals surface area contributed by atoms with Gasteiger partial charge in [0.2, 0.25) is 0 Å². The van der Waals surface area contributed by atoms with E-state index < -0.39 is 0 Å². The van der Waals surface area contributed by atoms with E-state index >= 15 is 0 Å². The molecule has 0 saturated carbocycles. The van der Waals surface area contributed by atoms with Crippen molar-refractivity contribution in [2.24, 2.45) is 0 Å². The SMILES string of the molecule is O=C(Nc1cccc(-n2ccnc2)c1)c1cccc(C#Cc2cnc3cccnn23)c1. The second kappa shape index (κ2) is 7.97. The summed E-state index contributed by atoms with van der Waals surface area (Å²) in [5.41, 5.74) is 4.28. The quantitative estimate of drug-likeness (QED) is 0.467. The second-order valence-electron chi connectivity index (χ2n) is 6.74. The molecule has 0 atom stereocenters. The van der Waals surface area contributed by atoms with Crippen LogP contribution in [-0.2, 0) is 0 Å². The number of aromatic nitrogens is 5.